The van der Waals surface area contributed by atoms with Gasteiger partial charge in [0.1, 0.15) is 10.8 Å². The number of carbonyl (C=O) groups excluding carboxylic acids is 2. The average molecular weight is 356 g/mol. The summed E-state index contributed by atoms with van der Waals surface area (Å²) in [6.07, 6.45) is 1.53. The molecule has 3 aromatic rings. The van der Waals surface area contributed by atoms with E-state index in [1.807, 2.05) is 30.3 Å². The molecule has 0 spiro atoms. The molecule has 0 unspecified atom stereocenters. The molecule has 2 aromatic heterocycles. The summed E-state index contributed by atoms with van der Waals surface area (Å²) < 4.78 is 10.2. The van der Waals surface area contributed by atoms with Crippen LogP contribution in [0, 0.1) is 0 Å². The van der Waals surface area contributed by atoms with Gasteiger partial charge in [0.2, 0.25) is 0 Å². The number of carbonyl (C=O) groups is 2. The molecule has 0 aliphatic heterocycles. The van der Waals surface area contributed by atoms with Crippen molar-refractivity contribution in [1.29, 1.82) is 0 Å². The van der Waals surface area contributed by atoms with Crippen LogP contribution in [0.25, 0.3) is 10.6 Å². The summed E-state index contributed by atoms with van der Waals surface area (Å²) in [5.74, 6) is -0.401. The van der Waals surface area contributed by atoms with E-state index in [1.54, 1.807) is 24.4 Å². The molecule has 6 nitrogen and oxygen atoms in total. The van der Waals surface area contributed by atoms with Gasteiger partial charge in [-0.15, -0.1) is 11.3 Å². The number of esters is 1. The Bertz CT molecular complexity index is 843. The quantitative estimate of drug-likeness (QED) is 0.684. The third-order valence-electron chi connectivity index (χ3n) is 3.42. The second-order valence-corrected chi connectivity index (χ2v) is 6.14. The predicted octanol–water partition coefficient (Wildman–Crippen LogP) is 3.44. The van der Waals surface area contributed by atoms with E-state index in [-0.39, 0.29) is 18.3 Å². The highest BCUT2D eigenvalue weighted by atomic mass is 32.1. The summed E-state index contributed by atoms with van der Waals surface area (Å²) in [7, 11) is 0. The molecule has 0 radical (unpaired) electrons. The van der Waals surface area contributed by atoms with E-state index in [0.29, 0.717) is 5.76 Å². The fourth-order valence-electron chi connectivity index (χ4n) is 2.18. The molecule has 0 aliphatic rings. The molecule has 2 heterocycles. The van der Waals surface area contributed by atoms with Gasteiger partial charge in [0.05, 0.1) is 12.3 Å². The average Bonchev–Trinajstić information content (AvgIpc) is 3.32. The van der Waals surface area contributed by atoms with Crippen molar-refractivity contribution >= 4 is 23.2 Å². The number of rotatable bonds is 6. The van der Waals surface area contributed by atoms with Gasteiger partial charge in [0.25, 0.3) is 5.91 Å². The van der Waals surface area contributed by atoms with E-state index in [2.05, 4.69) is 10.3 Å². The maximum absolute atomic E-state index is 12.0. The van der Waals surface area contributed by atoms with Crippen molar-refractivity contribution in [1.82, 2.24) is 10.3 Å². The number of amides is 1. The molecule has 3 rings (SSSR count). The smallest absolute Gasteiger partial charge is 0.358 e. The van der Waals surface area contributed by atoms with Gasteiger partial charge in [-0.3, -0.25) is 4.79 Å². The monoisotopic (exact) mass is 356 g/mol. The van der Waals surface area contributed by atoms with E-state index >= 15 is 0 Å². The lowest BCUT2D eigenvalue weighted by atomic mass is 10.2. The molecule has 0 saturated carbocycles. The molecule has 7 heteroatoms. The lowest BCUT2D eigenvalue weighted by Gasteiger charge is -2.11. The van der Waals surface area contributed by atoms with Gasteiger partial charge in [-0.25, -0.2) is 9.78 Å². The molecule has 0 aliphatic carbocycles. The minimum atomic E-state index is -0.626. The van der Waals surface area contributed by atoms with Crippen LogP contribution in [0.15, 0.2) is 58.5 Å². The molecular formula is C18H16N2O4S. The number of aromatic nitrogens is 1. The summed E-state index contributed by atoms with van der Waals surface area (Å²) >= 11 is 1.35. The maximum Gasteiger partial charge on any atom is 0.358 e. The Labute approximate surface area is 148 Å². The summed E-state index contributed by atoms with van der Waals surface area (Å²) in [5.41, 5.74) is 1.12. The molecule has 1 aromatic carbocycles. The van der Waals surface area contributed by atoms with Crippen LogP contribution in [0.4, 0.5) is 0 Å². The van der Waals surface area contributed by atoms with E-state index in [1.165, 1.54) is 17.6 Å². The summed E-state index contributed by atoms with van der Waals surface area (Å²) in [4.78, 5) is 28.2. The third kappa shape index (κ3) is 4.33. The van der Waals surface area contributed by atoms with Gasteiger partial charge in [-0.05, 0) is 19.1 Å². The number of nitrogens with zero attached hydrogens (tertiary/aromatic N) is 1. The number of nitrogens with one attached hydrogen (secondary N) is 1. The predicted molar refractivity (Wildman–Crippen MR) is 93.1 cm³/mol. The number of hydrogen-bond donors (Lipinski definition) is 1. The van der Waals surface area contributed by atoms with Gasteiger partial charge >= 0.3 is 5.97 Å². The van der Waals surface area contributed by atoms with Crippen molar-refractivity contribution in [3.63, 3.8) is 0 Å². The van der Waals surface area contributed by atoms with Crippen molar-refractivity contribution in [3.8, 4) is 10.6 Å². The molecule has 25 heavy (non-hydrogen) atoms. The first-order chi connectivity index (χ1) is 12.1. The Morgan fingerprint density at radius 1 is 1.24 bits per heavy atom. The maximum atomic E-state index is 12.0. The highest BCUT2D eigenvalue weighted by Crippen LogP contribution is 2.23. The Morgan fingerprint density at radius 3 is 2.76 bits per heavy atom. The minimum Gasteiger partial charge on any atom is -0.467 e. The fraction of sp³-hybridized carbons (Fsp3) is 0.167. The zero-order valence-corrected chi connectivity index (χ0v) is 14.3. The van der Waals surface area contributed by atoms with E-state index in [0.717, 1.165) is 10.6 Å². The molecule has 1 amide bonds. The highest BCUT2D eigenvalue weighted by Gasteiger charge is 2.16. The normalized spacial score (nSPS) is 11.7. The van der Waals surface area contributed by atoms with E-state index in [9.17, 15) is 9.59 Å². The fourth-order valence-corrected chi connectivity index (χ4v) is 2.97. The Hall–Kier alpha value is -2.93. The van der Waals surface area contributed by atoms with Gasteiger partial charge in [0, 0.05) is 10.9 Å². The van der Waals surface area contributed by atoms with Gasteiger partial charge in [-0.2, -0.15) is 0 Å². The van der Waals surface area contributed by atoms with Crippen molar-refractivity contribution < 1.29 is 18.7 Å². The standard InChI is InChI=1S/C18H16N2O4S/c1-12(15-8-5-9-23-15)19-16(21)10-24-18(22)14-11-25-17(20-14)13-6-3-2-4-7-13/h2-9,11-12H,10H2,1H3,(H,19,21)/t12-/m1/s1. The SMILES string of the molecule is C[C@@H](NC(=O)COC(=O)c1csc(-c2ccccc2)n1)c1ccco1. The number of ether oxygens (including phenoxy) is 1. The van der Waals surface area contributed by atoms with Crippen LogP contribution in [0.2, 0.25) is 0 Å². The molecule has 0 saturated heterocycles. The summed E-state index contributed by atoms with van der Waals surface area (Å²) in [6.45, 7) is 1.41. The molecule has 1 atom stereocenters. The van der Waals surface area contributed by atoms with Crippen molar-refractivity contribution in [3.05, 3.63) is 65.6 Å². The number of hydrogen-bond acceptors (Lipinski definition) is 6. The largest absolute Gasteiger partial charge is 0.467 e. The Morgan fingerprint density at radius 2 is 2.04 bits per heavy atom. The first kappa shape index (κ1) is 16.9. The zero-order chi connectivity index (χ0) is 17.6. The van der Waals surface area contributed by atoms with Crippen LogP contribution >= 0.6 is 11.3 Å². The van der Waals surface area contributed by atoms with Crippen LogP contribution < -0.4 is 5.32 Å². The molecule has 0 bridgehead atoms. The van der Waals surface area contributed by atoms with Crippen LogP contribution in [-0.2, 0) is 9.53 Å². The number of thiazole rings is 1. The number of furan rings is 1. The zero-order valence-electron chi connectivity index (χ0n) is 13.5. The molecule has 1 N–H and O–H groups in total. The van der Waals surface area contributed by atoms with Gasteiger partial charge in [-0.1, -0.05) is 30.3 Å². The highest BCUT2D eigenvalue weighted by molar-refractivity contribution is 7.13. The van der Waals surface area contributed by atoms with Gasteiger partial charge in [0.15, 0.2) is 12.3 Å². The lowest BCUT2D eigenvalue weighted by Crippen LogP contribution is -2.31. The van der Waals surface area contributed by atoms with Crippen molar-refractivity contribution in [2.45, 2.75) is 13.0 Å². The first-order valence-corrected chi connectivity index (χ1v) is 8.52. The second-order valence-electron chi connectivity index (χ2n) is 5.28. The van der Waals surface area contributed by atoms with Crippen LogP contribution in [-0.4, -0.2) is 23.5 Å². The first-order valence-electron chi connectivity index (χ1n) is 7.64. The van der Waals surface area contributed by atoms with Crippen LogP contribution in [0.1, 0.15) is 29.2 Å². The number of benzene rings is 1. The second kappa shape index (κ2) is 7.76. The Kier molecular flexibility index (Phi) is 5.25. The molecular weight excluding hydrogens is 340 g/mol. The van der Waals surface area contributed by atoms with E-state index in [4.69, 9.17) is 9.15 Å². The van der Waals surface area contributed by atoms with Crippen LogP contribution in [0.3, 0.4) is 0 Å². The minimum absolute atomic E-state index is 0.190. The van der Waals surface area contributed by atoms with Gasteiger partial charge < -0.3 is 14.5 Å². The summed E-state index contributed by atoms with van der Waals surface area (Å²) in [5, 5.41) is 5.04. The molecule has 128 valence electrons. The van der Waals surface area contributed by atoms with Crippen molar-refractivity contribution in [2.75, 3.05) is 6.61 Å². The summed E-state index contributed by atoms with van der Waals surface area (Å²) in [6, 6.07) is 12.7. The lowest BCUT2D eigenvalue weighted by molar-refractivity contribution is -0.125. The molecule has 0 fully saturated rings. The van der Waals surface area contributed by atoms with Crippen molar-refractivity contribution in [2.24, 2.45) is 0 Å². The topological polar surface area (TPSA) is 81.4 Å². The third-order valence-corrected chi connectivity index (χ3v) is 4.31. The Balaban J connectivity index is 1.52. The van der Waals surface area contributed by atoms with E-state index < -0.39 is 11.9 Å². The van der Waals surface area contributed by atoms with Crippen LogP contribution in [0.5, 0.6) is 0 Å².